The number of nitrogens with zero attached hydrogens (tertiary/aromatic N) is 1. The summed E-state index contributed by atoms with van der Waals surface area (Å²) < 4.78 is 50.0. The van der Waals surface area contributed by atoms with Crippen molar-refractivity contribution in [2.45, 2.75) is 32.2 Å². The third-order valence-corrected chi connectivity index (χ3v) is 6.15. The van der Waals surface area contributed by atoms with E-state index in [-0.39, 0.29) is 29.0 Å². The van der Waals surface area contributed by atoms with Crippen molar-refractivity contribution in [3.05, 3.63) is 41.1 Å². The number of amides is 2. The van der Waals surface area contributed by atoms with Gasteiger partial charge in [0, 0.05) is 28.8 Å². The van der Waals surface area contributed by atoms with E-state index in [2.05, 4.69) is 5.32 Å². The van der Waals surface area contributed by atoms with Crippen LogP contribution in [0.4, 0.5) is 23.7 Å². The van der Waals surface area contributed by atoms with Gasteiger partial charge in [-0.2, -0.15) is 13.2 Å². The van der Waals surface area contributed by atoms with Gasteiger partial charge in [0.15, 0.2) is 0 Å². The van der Waals surface area contributed by atoms with Gasteiger partial charge in [0.25, 0.3) is 0 Å². The molecule has 1 aromatic carbocycles. The number of rotatable bonds is 8. The molecule has 0 aromatic heterocycles. The number of aliphatic carboxylic acids is 1. The largest absolute Gasteiger partial charge is 0.496 e. The van der Waals surface area contributed by atoms with Gasteiger partial charge in [0.2, 0.25) is 5.91 Å². The molecule has 36 heavy (non-hydrogen) atoms. The van der Waals surface area contributed by atoms with Crippen LogP contribution in [0.25, 0.3) is 5.57 Å². The summed E-state index contributed by atoms with van der Waals surface area (Å²) >= 11 is 0. The Bertz CT molecular complexity index is 1160. The van der Waals surface area contributed by atoms with Crippen LogP contribution < -0.4 is 10.1 Å². The third kappa shape index (κ3) is 4.78. The number of aldehydes is 1. The second-order valence-electron chi connectivity index (χ2n) is 8.26. The van der Waals surface area contributed by atoms with Crippen LogP contribution in [-0.2, 0) is 19.1 Å². The lowest BCUT2D eigenvalue weighted by atomic mass is 9.78. The van der Waals surface area contributed by atoms with E-state index in [9.17, 15) is 42.6 Å². The van der Waals surface area contributed by atoms with Crippen molar-refractivity contribution in [3.63, 3.8) is 0 Å². The summed E-state index contributed by atoms with van der Waals surface area (Å²) in [4.78, 5) is 48.2. The lowest BCUT2D eigenvalue weighted by Crippen LogP contribution is -2.63. The molecule has 0 radical (unpaired) electrons. The molecule has 2 aliphatic rings. The molecule has 2 heterocycles. The molecule has 0 saturated carbocycles. The second kappa shape index (κ2) is 10.0. The molecule has 0 aliphatic carbocycles. The zero-order chi connectivity index (χ0) is 26.9. The van der Waals surface area contributed by atoms with Crippen molar-refractivity contribution in [3.8, 4) is 5.75 Å². The highest BCUT2D eigenvalue weighted by Gasteiger charge is 2.59. The number of alkyl halides is 3. The minimum absolute atomic E-state index is 0.00434. The molecule has 194 valence electrons. The quantitative estimate of drug-likeness (QED) is 0.274. The molecular formula is C23H23F3N2O8. The van der Waals surface area contributed by atoms with E-state index in [1.807, 2.05) is 0 Å². The number of nitrogens with one attached hydrogen (secondary N) is 1. The van der Waals surface area contributed by atoms with Gasteiger partial charge in [-0.25, -0.2) is 9.59 Å². The maximum absolute atomic E-state index is 13.3. The van der Waals surface area contributed by atoms with Crippen molar-refractivity contribution in [1.29, 1.82) is 0 Å². The molecule has 1 aromatic rings. The van der Waals surface area contributed by atoms with Gasteiger partial charge in [-0.3, -0.25) is 14.9 Å². The Kier molecular flexibility index (Phi) is 7.43. The first kappa shape index (κ1) is 26.7. The Morgan fingerprint density at radius 3 is 2.50 bits per heavy atom. The van der Waals surface area contributed by atoms with Crippen LogP contribution in [0.1, 0.15) is 19.4 Å². The van der Waals surface area contributed by atoms with E-state index >= 15 is 0 Å². The van der Waals surface area contributed by atoms with Gasteiger partial charge in [-0.05, 0) is 25.1 Å². The summed E-state index contributed by atoms with van der Waals surface area (Å²) in [6.07, 6.45) is -6.51. The number of fused-ring (bicyclic) bond motifs is 1. The van der Waals surface area contributed by atoms with E-state index in [0.29, 0.717) is 6.08 Å². The second-order valence-corrected chi connectivity index (χ2v) is 8.26. The average molecular weight is 512 g/mol. The Hall–Kier alpha value is -3.87. The van der Waals surface area contributed by atoms with Crippen molar-refractivity contribution in [1.82, 2.24) is 4.90 Å². The highest BCUT2D eigenvalue weighted by atomic mass is 19.4. The summed E-state index contributed by atoms with van der Waals surface area (Å²) in [5.41, 5.74) is -1.78. The minimum atomic E-state index is -4.83. The van der Waals surface area contributed by atoms with Gasteiger partial charge in [-0.15, -0.1) is 0 Å². The number of allylic oxidation sites excluding steroid dienone is 2. The zero-order valence-corrected chi connectivity index (χ0v) is 19.3. The van der Waals surface area contributed by atoms with E-state index in [0.717, 1.165) is 30.2 Å². The number of β-lactam (4-membered cyclic amide) rings is 1. The zero-order valence-electron chi connectivity index (χ0n) is 19.3. The molecule has 0 bridgehead atoms. The molecule has 4 atom stereocenters. The van der Waals surface area contributed by atoms with Crippen LogP contribution in [0.15, 0.2) is 35.5 Å². The fourth-order valence-corrected chi connectivity index (χ4v) is 4.53. The minimum Gasteiger partial charge on any atom is -0.496 e. The molecule has 1 saturated heterocycles. The molecule has 13 heteroatoms. The summed E-state index contributed by atoms with van der Waals surface area (Å²) in [6, 6.07) is 2.67. The fourth-order valence-electron chi connectivity index (χ4n) is 4.53. The number of ether oxygens (including phenoxy) is 2. The number of aliphatic hydroxyl groups is 1. The lowest BCUT2D eigenvalue weighted by Gasteiger charge is -2.46. The van der Waals surface area contributed by atoms with Crippen molar-refractivity contribution >= 4 is 35.5 Å². The highest BCUT2D eigenvalue weighted by Crippen LogP contribution is 2.47. The lowest BCUT2D eigenvalue weighted by molar-refractivity contribution is -0.163. The maximum Gasteiger partial charge on any atom is 0.417 e. The van der Waals surface area contributed by atoms with Crippen molar-refractivity contribution in [2.75, 3.05) is 19.0 Å². The van der Waals surface area contributed by atoms with Gasteiger partial charge in [0.05, 0.1) is 30.7 Å². The summed E-state index contributed by atoms with van der Waals surface area (Å²) in [6.45, 7) is 2.61. The summed E-state index contributed by atoms with van der Waals surface area (Å²) in [7, 11) is 1.11. The number of carboxylic acid groups (broad SMARTS) is 1. The number of aliphatic hydroxyl groups excluding tert-OH is 1. The number of carboxylic acids is 1. The molecule has 3 N–H and O–H groups in total. The number of methoxy groups -OCH3 is 1. The molecule has 10 nitrogen and oxygen atoms in total. The Morgan fingerprint density at radius 2 is 1.97 bits per heavy atom. The van der Waals surface area contributed by atoms with E-state index in [1.54, 1.807) is 6.92 Å². The van der Waals surface area contributed by atoms with E-state index < -0.39 is 65.9 Å². The van der Waals surface area contributed by atoms with Crippen LogP contribution in [0, 0.1) is 11.8 Å². The van der Waals surface area contributed by atoms with Gasteiger partial charge in [0.1, 0.15) is 24.3 Å². The Balaban J connectivity index is 1.75. The Morgan fingerprint density at radius 1 is 1.31 bits per heavy atom. The predicted octanol–water partition coefficient (Wildman–Crippen LogP) is 2.58. The molecular weight excluding hydrogens is 489 g/mol. The monoisotopic (exact) mass is 512 g/mol. The SMILES string of the molecule is COc1cc(NC(=O)OCC2=C(C(=O)O)N3C(=O)C(C(C)O)C3C2C)ccc1/C(=C\C=O)C(F)(F)F. The van der Waals surface area contributed by atoms with Crippen LogP contribution in [0.2, 0.25) is 0 Å². The smallest absolute Gasteiger partial charge is 0.417 e. The van der Waals surface area contributed by atoms with Crippen molar-refractivity contribution in [2.24, 2.45) is 11.8 Å². The predicted molar refractivity (Wildman–Crippen MR) is 118 cm³/mol. The van der Waals surface area contributed by atoms with Gasteiger partial charge >= 0.3 is 18.2 Å². The number of anilines is 1. The first-order valence-corrected chi connectivity index (χ1v) is 10.7. The number of carbonyl (C=O) groups is 4. The van der Waals surface area contributed by atoms with Crippen LogP contribution in [0.5, 0.6) is 5.75 Å². The standard InChI is InChI=1S/C23H23F3N2O8/c1-10-14(19(21(32)33)28-18(10)17(11(2)30)20(28)31)9-36-22(34)27-12-4-5-13(16(8-12)35-3)15(6-7-29)23(24,25)26/h4-8,10-11,17-18,30H,9H2,1-3H3,(H,27,34)(H,32,33)/b15-6+. The topological polar surface area (TPSA) is 142 Å². The number of hydrogen-bond donors (Lipinski definition) is 3. The molecule has 4 unspecified atom stereocenters. The summed E-state index contributed by atoms with van der Waals surface area (Å²) in [5.74, 6) is -3.48. The first-order valence-electron chi connectivity index (χ1n) is 10.7. The Labute approximate surface area is 203 Å². The molecule has 2 aliphatic heterocycles. The van der Waals surface area contributed by atoms with Gasteiger partial charge < -0.3 is 24.6 Å². The number of benzene rings is 1. The van der Waals surface area contributed by atoms with Crippen LogP contribution in [-0.4, -0.2) is 71.4 Å². The molecule has 0 spiro atoms. The van der Waals surface area contributed by atoms with Crippen LogP contribution >= 0.6 is 0 Å². The molecule has 2 amide bonds. The number of hydrogen-bond acceptors (Lipinski definition) is 7. The van der Waals surface area contributed by atoms with E-state index in [4.69, 9.17) is 9.47 Å². The average Bonchev–Trinajstić information content (AvgIpc) is 3.03. The normalized spacial score (nSPS) is 22.5. The molecule has 3 rings (SSSR count). The number of carbonyl (C=O) groups excluding carboxylic acids is 3. The summed E-state index contributed by atoms with van der Waals surface area (Å²) in [5, 5.41) is 21.8. The van der Waals surface area contributed by atoms with E-state index in [1.165, 1.54) is 6.92 Å². The van der Waals surface area contributed by atoms with Gasteiger partial charge in [-0.1, -0.05) is 6.92 Å². The maximum atomic E-state index is 13.3. The first-order chi connectivity index (χ1) is 16.8. The molecule has 1 fully saturated rings. The van der Waals surface area contributed by atoms with Crippen molar-refractivity contribution < 1.29 is 52.0 Å². The van der Waals surface area contributed by atoms with Crippen LogP contribution in [0.3, 0.4) is 0 Å². The third-order valence-electron chi connectivity index (χ3n) is 6.15. The fraction of sp³-hybridized carbons (Fsp3) is 0.391. The number of halogens is 3. The highest BCUT2D eigenvalue weighted by molar-refractivity contribution is 6.00.